The summed E-state index contributed by atoms with van der Waals surface area (Å²) in [7, 11) is 0. The van der Waals surface area contributed by atoms with Crippen LogP contribution >= 0.6 is 0 Å². The van der Waals surface area contributed by atoms with Crippen molar-refractivity contribution in [2.45, 2.75) is 13.8 Å². The number of nitrogens with zero attached hydrogens (tertiary/aromatic N) is 2. The minimum Gasteiger partial charge on any atom is -0.453 e. The molecule has 17 heavy (non-hydrogen) atoms. The second kappa shape index (κ2) is 3.89. The van der Waals surface area contributed by atoms with Crippen LogP contribution in [0.5, 0.6) is 0 Å². The summed E-state index contributed by atoms with van der Waals surface area (Å²) >= 11 is 0. The zero-order chi connectivity index (χ0) is 12.6. The van der Waals surface area contributed by atoms with Gasteiger partial charge in [0.25, 0.3) is 0 Å². The van der Waals surface area contributed by atoms with E-state index in [4.69, 9.17) is 9.62 Å². The molecule has 0 amide bonds. The van der Waals surface area contributed by atoms with Gasteiger partial charge in [-0.25, -0.2) is 0 Å². The summed E-state index contributed by atoms with van der Waals surface area (Å²) in [4.78, 5) is 10.3. The minimum absolute atomic E-state index is 0.0948. The van der Waals surface area contributed by atoms with Crippen LogP contribution in [0, 0.1) is 17.0 Å². The average molecular weight is 234 g/mol. The summed E-state index contributed by atoms with van der Waals surface area (Å²) in [6.07, 6.45) is 0. The number of furan rings is 1. The van der Waals surface area contributed by atoms with E-state index in [9.17, 15) is 10.1 Å². The predicted octanol–water partition coefficient (Wildman–Crippen LogP) is 2.85. The molecule has 6 heteroatoms. The molecule has 0 saturated carbocycles. The summed E-state index contributed by atoms with van der Waals surface area (Å²) in [5, 5.41) is 23.3. The van der Waals surface area contributed by atoms with Crippen molar-refractivity contribution >= 4 is 22.4 Å². The number of hydrogen-bond acceptors (Lipinski definition) is 5. The molecule has 1 aromatic carbocycles. The second-order valence-electron chi connectivity index (χ2n) is 3.63. The highest BCUT2D eigenvalue weighted by Gasteiger charge is 2.21. The number of benzene rings is 1. The molecule has 0 bridgehead atoms. The van der Waals surface area contributed by atoms with Crippen LogP contribution in [0.3, 0.4) is 0 Å². The first-order valence-electron chi connectivity index (χ1n) is 4.91. The Labute approximate surface area is 96.3 Å². The van der Waals surface area contributed by atoms with Gasteiger partial charge in [-0.3, -0.25) is 10.1 Å². The zero-order valence-corrected chi connectivity index (χ0v) is 9.30. The number of non-ortho nitro benzene ring substituents is 1. The number of fused-ring (bicyclic) bond motifs is 1. The van der Waals surface area contributed by atoms with E-state index in [-0.39, 0.29) is 11.3 Å². The molecular formula is C11H10N2O4. The molecule has 0 aliphatic heterocycles. The number of nitro groups is 1. The summed E-state index contributed by atoms with van der Waals surface area (Å²) in [5.41, 5.74) is 1.06. The van der Waals surface area contributed by atoms with Gasteiger partial charge in [-0.1, -0.05) is 11.2 Å². The van der Waals surface area contributed by atoms with Crippen molar-refractivity contribution in [1.29, 1.82) is 0 Å². The van der Waals surface area contributed by atoms with E-state index < -0.39 is 4.92 Å². The highest BCUT2D eigenvalue weighted by molar-refractivity contribution is 6.11. The lowest BCUT2D eigenvalue weighted by molar-refractivity contribution is -0.383. The predicted molar refractivity (Wildman–Crippen MR) is 61.6 cm³/mol. The van der Waals surface area contributed by atoms with Crippen LogP contribution in [0.4, 0.5) is 5.69 Å². The number of para-hydroxylation sites is 1. The summed E-state index contributed by atoms with van der Waals surface area (Å²) in [6.45, 7) is 3.28. The molecule has 0 unspecified atom stereocenters. The molecule has 1 aromatic heterocycles. The molecule has 0 atom stereocenters. The zero-order valence-electron chi connectivity index (χ0n) is 9.30. The summed E-state index contributed by atoms with van der Waals surface area (Å²) in [6, 6.07) is 4.65. The molecule has 1 heterocycles. The number of aryl methyl sites for hydroxylation is 1. The van der Waals surface area contributed by atoms with E-state index in [1.54, 1.807) is 26.0 Å². The van der Waals surface area contributed by atoms with Gasteiger partial charge in [0.1, 0.15) is 5.76 Å². The van der Waals surface area contributed by atoms with Gasteiger partial charge in [0.15, 0.2) is 0 Å². The van der Waals surface area contributed by atoms with Gasteiger partial charge in [0.05, 0.1) is 10.6 Å². The Morgan fingerprint density at radius 2 is 2.24 bits per heavy atom. The second-order valence-corrected chi connectivity index (χ2v) is 3.63. The van der Waals surface area contributed by atoms with Crippen LogP contribution < -0.4 is 0 Å². The van der Waals surface area contributed by atoms with E-state index in [0.717, 1.165) is 0 Å². The third-order valence-corrected chi connectivity index (χ3v) is 2.58. The standard InChI is InChI=1S/C11H10N2O4/c1-6(12-14)10-7(2)17-11-8(10)4-3-5-9(11)13(15)16/h3-5,14H,1-2H3/b12-6+. The molecule has 88 valence electrons. The Balaban J connectivity index is 2.85. The normalized spacial score (nSPS) is 12.0. The Hall–Kier alpha value is -2.37. The lowest BCUT2D eigenvalue weighted by Gasteiger charge is -1.95. The average Bonchev–Trinajstić information content (AvgIpc) is 2.63. The minimum atomic E-state index is -0.500. The van der Waals surface area contributed by atoms with E-state index in [1.807, 2.05) is 0 Å². The fourth-order valence-electron chi connectivity index (χ4n) is 1.87. The monoisotopic (exact) mass is 234 g/mol. The molecule has 6 nitrogen and oxygen atoms in total. The van der Waals surface area contributed by atoms with Crippen molar-refractivity contribution in [2.24, 2.45) is 5.16 Å². The maximum absolute atomic E-state index is 10.8. The molecule has 0 spiro atoms. The SMILES string of the molecule is C/C(=N\O)c1c(C)oc2c([N+](=O)[O-])cccc12. The molecular weight excluding hydrogens is 224 g/mol. The topological polar surface area (TPSA) is 88.9 Å². The molecule has 1 N–H and O–H groups in total. The largest absolute Gasteiger partial charge is 0.453 e. The molecule has 0 aliphatic rings. The summed E-state index contributed by atoms with van der Waals surface area (Å²) in [5.74, 6) is 0.490. The highest BCUT2D eigenvalue weighted by atomic mass is 16.6. The van der Waals surface area contributed by atoms with Crippen molar-refractivity contribution in [3.8, 4) is 0 Å². The van der Waals surface area contributed by atoms with Crippen molar-refractivity contribution in [1.82, 2.24) is 0 Å². The molecule has 0 fully saturated rings. The van der Waals surface area contributed by atoms with Crippen LogP contribution in [0.2, 0.25) is 0 Å². The first-order chi connectivity index (χ1) is 8.06. The first kappa shape index (κ1) is 11.1. The fourth-order valence-corrected chi connectivity index (χ4v) is 1.87. The number of oxime groups is 1. The van der Waals surface area contributed by atoms with E-state index in [2.05, 4.69) is 5.16 Å². The van der Waals surface area contributed by atoms with Gasteiger partial charge in [-0.05, 0) is 19.9 Å². The van der Waals surface area contributed by atoms with Gasteiger partial charge in [0.2, 0.25) is 5.58 Å². The third kappa shape index (κ3) is 1.63. The van der Waals surface area contributed by atoms with Crippen LogP contribution in [-0.2, 0) is 0 Å². The molecule has 2 rings (SSSR count). The smallest absolute Gasteiger partial charge is 0.312 e. The molecule has 0 radical (unpaired) electrons. The Morgan fingerprint density at radius 3 is 2.82 bits per heavy atom. The maximum atomic E-state index is 10.8. The molecule has 0 aliphatic carbocycles. The van der Waals surface area contributed by atoms with Crippen LogP contribution in [0.15, 0.2) is 27.8 Å². The van der Waals surface area contributed by atoms with Crippen LogP contribution in [0.1, 0.15) is 18.2 Å². The van der Waals surface area contributed by atoms with E-state index in [0.29, 0.717) is 22.4 Å². The third-order valence-electron chi connectivity index (χ3n) is 2.58. The van der Waals surface area contributed by atoms with Crippen molar-refractivity contribution in [2.75, 3.05) is 0 Å². The van der Waals surface area contributed by atoms with E-state index in [1.165, 1.54) is 6.07 Å². The molecule has 2 aromatic rings. The lowest BCUT2D eigenvalue weighted by Crippen LogP contribution is -1.95. The maximum Gasteiger partial charge on any atom is 0.312 e. The first-order valence-corrected chi connectivity index (χ1v) is 4.91. The Kier molecular flexibility index (Phi) is 2.55. The van der Waals surface area contributed by atoms with Gasteiger partial charge < -0.3 is 9.62 Å². The highest BCUT2D eigenvalue weighted by Crippen LogP contribution is 2.32. The fraction of sp³-hybridized carbons (Fsp3) is 0.182. The number of nitro benzene ring substituents is 1. The van der Waals surface area contributed by atoms with Gasteiger partial charge >= 0.3 is 5.69 Å². The van der Waals surface area contributed by atoms with Gasteiger partial charge in [-0.15, -0.1) is 0 Å². The van der Waals surface area contributed by atoms with Crippen LogP contribution in [0.25, 0.3) is 11.0 Å². The van der Waals surface area contributed by atoms with Gasteiger partial charge in [0, 0.05) is 17.0 Å². The van der Waals surface area contributed by atoms with Crippen LogP contribution in [-0.4, -0.2) is 15.8 Å². The Bertz CT molecular complexity index is 628. The van der Waals surface area contributed by atoms with E-state index >= 15 is 0 Å². The Morgan fingerprint density at radius 1 is 1.53 bits per heavy atom. The quantitative estimate of drug-likeness (QED) is 0.374. The molecule has 0 saturated heterocycles. The number of rotatable bonds is 2. The van der Waals surface area contributed by atoms with Crippen molar-refractivity contribution in [3.05, 3.63) is 39.6 Å². The van der Waals surface area contributed by atoms with Crippen molar-refractivity contribution in [3.63, 3.8) is 0 Å². The van der Waals surface area contributed by atoms with Crippen molar-refractivity contribution < 1.29 is 14.5 Å². The van der Waals surface area contributed by atoms with Gasteiger partial charge in [-0.2, -0.15) is 0 Å². The lowest BCUT2D eigenvalue weighted by atomic mass is 10.1. The summed E-state index contributed by atoms with van der Waals surface area (Å²) < 4.78 is 5.38. The number of hydrogen-bond donors (Lipinski definition) is 1.